The van der Waals surface area contributed by atoms with Crippen LogP contribution in [0.3, 0.4) is 0 Å². The van der Waals surface area contributed by atoms with Crippen LogP contribution in [0.25, 0.3) is 0 Å². The molecule has 1 aliphatic heterocycles. The lowest BCUT2D eigenvalue weighted by Gasteiger charge is -2.22. The number of urea groups is 1. The summed E-state index contributed by atoms with van der Waals surface area (Å²) in [6, 6.07) is 10.6. The first-order valence-corrected chi connectivity index (χ1v) is 7.64. The normalized spacial score (nSPS) is 17.7. The summed E-state index contributed by atoms with van der Waals surface area (Å²) in [7, 11) is 0. The highest BCUT2D eigenvalue weighted by Crippen LogP contribution is 2.35. The molecule has 2 aromatic carbocycles. The van der Waals surface area contributed by atoms with Crippen molar-refractivity contribution in [3.63, 3.8) is 0 Å². The van der Waals surface area contributed by atoms with Gasteiger partial charge in [0.25, 0.3) is 5.91 Å². The van der Waals surface area contributed by atoms with E-state index in [0.29, 0.717) is 0 Å². The number of likely N-dealkylation sites (N-methyl/N-ethyl adjacent to an activating group) is 1. The maximum Gasteiger partial charge on any atom is 0.328 e. The summed E-state index contributed by atoms with van der Waals surface area (Å²) in [6.45, 7) is 1.90. The molecule has 0 radical (unpaired) electrons. The molecular weight excluding hydrogens is 314 g/mol. The van der Waals surface area contributed by atoms with Crippen molar-refractivity contribution in [1.82, 2.24) is 9.80 Å². The van der Waals surface area contributed by atoms with Gasteiger partial charge in [0.1, 0.15) is 17.7 Å². The third-order valence-electron chi connectivity index (χ3n) is 4.07. The maximum atomic E-state index is 14.2. The van der Waals surface area contributed by atoms with Crippen molar-refractivity contribution in [2.45, 2.75) is 19.5 Å². The standard InChI is InChI=1S/C18H16F2N2O2/c1-2-21-17(23)16(15-13(19)9-6-10-14(15)20)22(18(21)24)11-12-7-4-3-5-8-12/h3-10,16H,2,11H2,1H3. The lowest BCUT2D eigenvalue weighted by atomic mass is 10.0. The van der Waals surface area contributed by atoms with Crippen LogP contribution in [0.1, 0.15) is 24.1 Å². The molecule has 0 aromatic heterocycles. The molecule has 0 bridgehead atoms. The molecule has 24 heavy (non-hydrogen) atoms. The number of carbonyl (C=O) groups excluding carboxylic acids is 2. The molecule has 2 aromatic rings. The molecule has 0 aliphatic carbocycles. The number of benzene rings is 2. The van der Waals surface area contributed by atoms with Crippen LogP contribution >= 0.6 is 0 Å². The van der Waals surface area contributed by atoms with Crippen LogP contribution in [-0.4, -0.2) is 28.3 Å². The Morgan fingerprint density at radius 1 is 0.958 bits per heavy atom. The minimum absolute atomic E-state index is 0.0976. The predicted octanol–water partition coefficient (Wildman–Crippen LogP) is 3.49. The molecule has 1 fully saturated rings. The van der Waals surface area contributed by atoms with Crippen LogP contribution in [-0.2, 0) is 11.3 Å². The van der Waals surface area contributed by atoms with Gasteiger partial charge in [0, 0.05) is 13.1 Å². The second kappa shape index (κ2) is 6.39. The number of hydrogen-bond donors (Lipinski definition) is 0. The van der Waals surface area contributed by atoms with Gasteiger partial charge in [-0.15, -0.1) is 0 Å². The number of imide groups is 1. The number of rotatable bonds is 4. The number of amides is 3. The first-order valence-electron chi connectivity index (χ1n) is 7.64. The van der Waals surface area contributed by atoms with Crippen LogP contribution in [0.4, 0.5) is 13.6 Å². The molecule has 3 amide bonds. The number of hydrogen-bond acceptors (Lipinski definition) is 2. The van der Waals surface area contributed by atoms with Crippen molar-refractivity contribution >= 4 is 11.9 Å². The lowest BCUT2D eigenvalue weighted by Crippen LogP contribution is -2.32. The molecule has 4 nitrogen and oxygen atoms in total. The Kier molecular flexibility index (Phi) is 4.29. The number of carbonyl (C=O) groups is 2. The summed E-state index contributed by atoms with van der Waals surface area (Å²) < 4.78 is 28.4. The average Bonchev–Trinajstić information content (AvgIpc) is 2.79. The molecule has 3 rings (SSSR count). The van der Waals surface area contributed by atoms with Gasteiger partial charge in [-0.05, 0) is 24.6 Å². The van der Waals surface area contributed by atoms with Crippen LogP contribution < -0.4 is 0 Å². The van der Waals surface area contributed by atoms with E-state index < -0.39 is 29.6 Å². The number of nitrogens with zero attached hydrogens (tertiary/aromatic N) is 2. The summed E-state index contributed by atoms with van der Waals surface area (Å²) in [5.41, 5.74) is 0.390. The van der Waals surface area contributed by atoms with E-state index in [9.17, 15) is 18.4 Å². The first-order chi connectivity index (χ1) is 11.5. The van der Waals surface area contributed by atoms with Crippen molar-refractivity contribution < 1.29 is 18.4 Å². The van der Waals surface area contributed by atoms with Crippen LogP contribution in [0.15, 0.2) is 48.5 Å². The Hall–Kier alpha value is -2.76. The molecule has 124 valence electrons. The third-order valence-corrected chi connectivity index (χ3v) is 4.07. The van der Waals surface area contributed by atoms with Crippen LogP contribution in [0.2, 0.25) is 0 Å². The summed E-state index contributed by atoms with van der Waals surface area (Å²) in [4.78, 5) is 27.4. The van der Waals surface area contributed by atoms with Crippen molar-refractivity contribution in [1.29, 1.82) is 0 Å². The highest BCUT2D eigenvalue weighted by Gasteiger charge is 2.47. The fourth-order valence-electron chi connectivity index (χ4n) is 2.92. The van der Waals surface area contributed by atoms with E-state index in [2.05, 4.69) is 0 Å². The third kappa shape index (κ3) is 2.64. The van der Waals surface area contributed by atoms with Gasteiger partial charge in [-0.25, -0.2) is 13.6 Å². The Morgan fingerprint density at radius 2 is 1.58 bits per heavy atom. The van der Waals surface area contributed by atoms with Crippen molar-refractivity contribution in [2.75, 3.05) is 6.54 Å². The fourth-order valence-corrected chi connectivity index (χ4v) is 2.92. The molecule has 0 N–H and O–H groups in total. The SMILES string of the molecule is CCN1C(=O)C(c2c(F)cccc2F)N(Cc2ccccc2)C1=O. The van der Waals surface area contributed by atoms with Crippen molar-refractivity contribution in [2.24, 2.45) is 0 Å². The summed E-state index contributed by atoms with van der Waals surface area (Å²) in [5.74, 6) is -2.28. The van der Waals surface area contributed by atoms with Crippen LogP contribution in [0.5, 0.6) is 0 Å². The quantitative estimate of drug-likeness (QED) is 0.805. The van der Waals surface area contributed by atoms with E-state index in [1.165, 1.54) is 11.0 Å². The van der Waals surface area contributed by atoms with Crippen LogP contribution in [0, 0.1) is 11.6 Å². The molecule has 1 saturated heterocycles. The largest absolute Gasteiger partial charge is 0.328 e. The van der Waals surface area contributed by atoms with E-state index in [4.69, 9.17) is 0 Å². The Bertz CT molecular complexity index is 760. The second-order valence-corrected chi connectivity index (χ2v) is 5.52. The van der Waals surface area contributed by atoms with Gasteiger partial charge in [0.2, 0.25) is 0 Å². The second-order valence-electron chi connectivity index (χ2n) is 5.52. The molecule has 0 spiro atoms. The number of halogens is 2. The molecule has 0 saturated carbocycles. The zero-order valence-electron chi connectivity index (χ0n) is 13.1. The topological polar surface area (TPSA) is 40.6 Å². The van der Waals surface area contributed by atoms with Gasteiger partial charge in [0.15, 0.2) is 0 Å². The summed E-state index contributed by atoms with van der Waals surface area (Å²) in [5, 5.41) is 0. The van der Waals surface area contributed by atoms with Gasteiger partial charge in [-0.1, -0.05) is 36.4 Å². The molecule has 1 unspecified atom stereocenters. The minimum atomic E-state index is -1.29. The van der Waals surface area contributed by atoms with E-state index >= 15 is 0 Å². The smallest absolute Gasteiger partial charge is 0.304 e. The lowest BCUT2D eigenvalue weighted by molar-refractivity contribution is -0.128. The maximum absolute atomic E-state index is 14.2. The zero-order chi connectivity index (χ0) is 17.3. The molecule has 6 heteroatoms. The minimum Gasteiger partial charge on any atom is -0.304 e. The molecule has 1 aliphatic rings. The highest BCUT2D eigenvalue weighted by atomic mass is 19.1. The van der Waals surface area contributed by atoms with E-state index in [0.717, 1.165) is 22.6 Å². The van der Waals surface area contributed by atoms with Gasteiger partial charge >= 0.3 is 6.03 Å². The van der Waals surface area contributed by atoms with Gasteiger partial charge in [-0.2, -0.15) is 0 Å². The molecule has 1 atom stereocenters. The van der Waals surface area contributed by atoms with Gasteiger partial charge in [0.05, 0.1) is 5.56 Å². The average molecular weight is 330 g/mol. The van der Waals surface area contributed by atoms with Crippen molar-refractivity contribution in [3.05, 3.63) is 71.3 Å². The van der Waals surface area contributed by atoms with Gasteiger partial charge in [-0.3, -0.25) is 9.69 Å². The monoisotopic (exact) mass is 330 g/mol. The molecular formula is C18H16F2N2O2. The fraction of sp³-hybridized carbons (Fsp3) is 0.222. The van der Waals surface area contributed by atoms with E-state index in [1.54, 1.807) is 31.2 Å². The highest BCUT2D eigenvalue weighted by molar-refractivity contribution is 6.04. The van der Waals surface area contributed by atoms with Crippen molar-refractivity contribution in [3.8, 4) is 0 Å². The van der Waals surface area contributed by atoms with Gasteiger partial charge < -0.3 is 4.90 Å². The molecule has 1 heterocycles. The first kappa shape index (κ1) is 16.1. The summed E-state index contributed by atoms with van der Waals surface area (Å²) in [6.07, 6.45) is 0. The van der Waals surface area contributed by atoms with E-state index in [-0.39, 0.29) is 18.7 Å². The predicted molar refractivity (Wildman–Crippen MR) is 83.9 cm³/mol. The van der Waals surface area contributed by atoms with E-state index in [1.807, 2.05) is 6.07 Å². The Labute approximate surface area is 138 Å². The zero-order valence-corrected chi connectivity index (χ0v) is 13.1. The Balaban J connectivity index is 2.06. The summed E-state index contributed by atoms with van der Waals surface area (Å²) >= 11 is 0. The Morgan fingerprint density at radius 3 is 2.17 bits per heavy atom.